The van der Waals surface area contributed by atoms with E-state index in [0.717, 1.165) is 0 Å². The molecule has 2 aromatic rings. The molecular weight excluding hydrogens is 733 g/mol. The summed E-state index contributed by atoms with van der Waals surface area (Å²) in [6.45, 7) is 0. The van der Waals surface area contributed by atoms with Crippen molar-refractivity contribution in [1.29, 1.82) is 0 Å². The van der Waals surface area contributed by atoms with Crippen molar-refractivity contribution in [3.8, 4) is 273 Å². The number of terminal acetylenes is 2. The number of aromatic nitrogens is 2. The van der Waals surface area contributed by atoms with Crippen LogP contribution >= 0.6 is 0 Å². The Morgan fingerprint density at radius 1 is 0.317 bits per heavy atom. The SMILES string of the molecule is C#CC#CC#CC#CC#CC#CC#CC#CC#CC#CC#CC(=O)c1ccnc(-c2cc(C(=O)C#CC#CC#CC#CC#CC#CC#CC#CC#CC#CC#C)ccn2)c1. The van der Waals surface area contributed by atoms with Crippen LogP contribution in [-0.2, 0) is 0 Å². The van der Waals surface area contributed by atoms with E-state index in [4.69, 9.17) is 12.8 Å². The number of pyridine rings is 2. The average Bonchev–Trinajstić information content (AvgIpc) is 3.27. The summed E-state index contributed by atoms with van der Waals surface area (Å²) in [5.74, 6) is 101. The molecule has 0 aliphatic heterocycles. The van der Waals surface area contributed by atoms with E-state index in [2.05, 4.69) is 259 Å². The first-order chi connectivity index (χ1) is 29.7. The van der Waals surface area contributed by atoms with Gasteiger partial charge in [-0.3, -0.25) is 19.6 Å². The molecule has 0 unspecified atom stereocenters. The maximum Gasteiger partial charge on any atom is 0.237 e. The van der Waals surface area contributed by atoms with Crippen molar-refractivity contribution in [2.45, 2.75) is 0 Å². The van der Waals surface area contributed by atoms with Crippen LogP contribution in [0.25, 0.3) is 11.4 Å². The normalized spacial score (nSPS) is 5.77. The lowest BCUT2D eigenvalue weighted by molar-refractivity contribution is 0.104. The summed E-state index contributed by atoms with van der Waals surface area (Å²) in [6, 6.07) is 5.95. The minimum atomic E-state index is -0.516. The first kappa shape index (κ1) is 44.1. The van der Waals surface area contributed by atoms with Gasteiger partial charge in [-0.15, -0.1) is 12.8 Å². The highest BCUT2D eigenvalue weighted by Gasteiger charge is 2.10. The summed E-state index contributed by atoms with van der Waals surface area (Å²) in [6.07, 6.45) is 12.7. The van der Waals surface area contributed by atoms with Gasteiger partial charge >= 0.3 is 0 Å². The molecule has 0 saturated heterocycles. The molecule has 0 bridgehead atoms. The third-order valence-electron chi connectivity index (χ3n) is 5.05. The smallest absolute Gasteiger partial charge is 0.237 e. The van der Waals surface area contributed by atoms with Crippen molar-refractivity contribution in [2.24, 2.45) is 0 Å². The van der Waals surface area contributed by atoms with Gasteiger partial charge in [-0.1, -0.05) is 0 Å². The minimum absolute atomic E-state index is 0.239. The number of nitrogens with zero attached hydrogens (tertiary/aromatic N) is 2. The average molecular weight is 741 g/mol. The van der Waals surface area contributed by atoms with Gasteiger partial charge in [-0.05, 0) is 226 Å². The van der Waals surface area contributed by atoms with Gasteiger partial charge in [0.05, 0.1) is 11.4 Å². The Balaban J connectivity index is 1.93. The summed E-state index contributed by atoms with van der Waals surface area (Å²) in [5, 5.41) is 0. The molecule has 0 fully saturated rings. The molecule has 0 spiro atoms. The third-order valence-corrected chi connectivity index (χ3v) is 5.05. The van der Waals surface area contributed by atoms with Crippen LogP contribution in [0.1, 0.15) is 20.7 Å². The van der Waals surface area contributed by atoms with Crippen molar-refractivity contribution >= 4 is 11.6 Å². The number of carbonyl (C=O) groups is 2. The Bertz CT molecular complexity index is 3370. The van der Waals surface area contributed by atoms with Crippen molar-refractivity contribution in [2.75, 3.05) is 0 Å². The highest BCUT2D eigenvalue weighted by atomic mass is 16.1. The summed E-state index contributed by atoms with van der Waals surface area (Å²) in [5.41, 5.74) is 1.14. The Morgan fingerprint density at radius 3 is 0.733 bits per heavy atom. The molecule has 0 aliphatic rings. The predicted octanol–water partition coefficient (Wildman–Crippen LogP) is 1.84. The summed E-state index contributed by atoms with van der Waals surface area (Å²) in [4.78, 5) is 33.7. The molecule has 60 heavy (non-hydrogen) atoms. The number of rotatable bonds is 3. The molecule has 0 aliphatic carbocycles. The molecule has 2 heterocycles. The fourth-order valence-corrected chi connectivity index (χ4v) is 2.88. The highest BCUT2D eigenvalue weighted by Crippen LogP contribution is 2.17. The first-order valence-electron chi connectivity index (χ1n) is 15.6. The van der Waals surface area contributed by atoms with Crippen LogP contribution in [-0.4, -0.2) is 21.5 Å². The zero-order valence-electron chi connectivity index (χ0n) is 30.3. The van der Waals surface area contributed by atoms with E-state index in [9.17, 15) is 9.59 Å². The fourth-order valence-electron chi connectivity index (χ4n) is 2.88. The van der Waals surface area contributed by atoms with Crippen molar-refractivity contribution in [3.63, 3.8) is 0 Å². The van der Waals surface area contributed by atoms with Crippen LogP contribution < -0.4 is 0 Å². The predicted molar refractivity (Wildman–Crippen MR) is 229 cm³/mol. The van der Waals surface area contributed by atoms with Crippen LogP contribution in [0.2, 0.25) is 0 Å². The second kappa shape index (κ2) is 31.7. The number of hydrogen-bond donors (Lipinski definition) is 0. The van der Waals surface area contributed by atoms with E-state index in [-0.39, 0.29) is 11.1 Å². The molecule has 254 valence electrons. The molecular formula is C56H8N2O2. The van der Waals surface area contributed by atoms with E-state index < -0.39 is 11.6 Å². The molecule has 0 N–H and O–H groups in total. The number of Topliss-reactive ketones (excluding diaryl/α,β-unsaturated/α-hetero) is 2. The molecule has 2 aromatic heterocycles. The van der Waals surface area contributed by atoms with Crippen molar-refractivity contribution in [3.05, 3.63) is 47.8 Å². The standard InChI is InChI=1S/C56H8N2O2/c1-3-5-7-9-11-13-15-17-19-21-23-25-27-29-31-33-35-37-39-41-43-55(59)51-45-47-57-53(49-51)54-50-52(46-48-58-54)56(60)44-42-40-38-36-34-32-30-28-26-24-22-20-18-16-14-12-10-8-6-4-2/h1-2,45-50H. The van der Waals surface area contributed by atoms with Gasteiger partial charge in [0.25, 0.3) is 0 Å². The maximum atomic E-state index is 12.6. The van der Waals surface area contributed by atoms with E-state index >= 15 is 0 Å². The van der Waals surface area contributed by atoms with E-state index in [0.29, 0.717) is 11.4 Å². The largest absolute Gasteiger partial charge is 0.279 e. The van der Waals surface area contributed by atoms with Gasteiger partial charge in [0.15, 0.2) is 0 Å². The van der Waals surface area contributed by atoms with E-state index in [1.165, 1.54) is 36.7 Å². The van der Waals surface area contributed by atoms with Gasteiger partial charge in [0, 0.05) is 70.9 Å². The summed E-state index contributed by atoms with van der Waals surface area (Å²) < 4.78 is 0. The Kier molecular flexibility index (Phi) is 23.3. The van der Waals surface area contributed by atoms with Crippen molar-refractivity contribution in [1.82, 2.24) is 9.97 Å². The highest BCUT2D eigenvalue weighted by molar-refractivity contribution is 6.10. The molecule has 0 saturated carbocycles. The Morgan fingerprint density at radius 2 is 0.517 bits per heavy atom. The molecule has 4 nitrogen and oxygen atoms in total. The number of ketones is 2. The van der Waals surface area contributed by atoms with Gasteiger partial charge < -0.3 is 0 Å². The van der Waals surface area contributed by atoms with Crippen LogP contribution in [0.15, 0.2) is 36.7 Å². The molecule has 2 rings (SSSR count). The van der Waals surface area contributed by atoms with Gasteiger partial charge in [-0.2, -0.15) is 0 Å². The lowest BCUT2D eigenvalue weighted by Crippen LogP contribution is -1.99. The fraction of sp³-hybridized carbons (Fsp3) is 0. The van der Waals surface area contributed by atoms with E-state index in [1.54, 1.807) is 0 Å². The van der Waals surface area contributed by atoms with Crippen LogP contribution in [0, 0.1) is 262 Å². The quantitative estimate of drug-likeness (QED) is 0.274. The van der Waals surface area contributed by atoms with Gasteiger partial charge in [-0.25, -0.2) is 0 Å². The maximum absolute atomic E-state index is 12.6. The van der Waals surface area contributed by atoms with E-state index in [1.807, 2.05) is 0 Å². The monoisotopic (exact) mass is 740 g/mol. The Hall–Kier alpha value is -12.0. The van der Waals surface area contributed by atoms with Gasteiger partial charge in [0.2, 0.25) is 11.6 Å². The second-order valence-electron chi connectivity index (χ2n) is 8.81. The zero-order chi connectivity index (χ0) is 42.8. The molecule has 4 heteroatoms. The molecule has 0 amide bonds. The second-order valence-corrected chi connectivity index (χ2v) is 8.81. The van der Waals surface area contributed by atoms with Crippen LogP contribution in [0.4, 0.5) is 0 Å². The number of carbonyl (C=O) groups excluding carboxylic acids is 2. The van der Waals surface area contributed by atoms with Gasteiger partial charge in [0.1, 0.15) is 0 Å². The van der Waals surface area contributed by atoms with Crippen LogP contribution in [0.5, 0.6) is 0 Å². The third kappa shape index (κ3) is 22.7. The number of hydrogen-bond acceptors (Lipinski definition) is 4. The lowest BCUT2D eigenvalue weighted by Gasteiger charge is -2.02. The summed E-state index contributed by atoms with van der Waals surface area (Å²) in [7, 11) is 0. The first-order valence-corrected chi connectivity index (χ1v) is 15.6. The molecule has 0 atom stereocenters. The summed E-state index contributed by atoms with van der Waals surface area (Å²) >= 11 is 0. The molecule has 0 aromatic carbocycles. The minimum Gasteiger partial charge on any atom is -0.279 e. The van der Waals surface area contributed by atoms with Crippen LogP contribution in [0.3, 0.4) is 0 Å². The lowest BCUT2D eigenvalue weighted by atomic mass is 10.1. The molecule has 0 radical (unpaired) electrons. The Labute approximate surface area is 350 Å². The zero-order valence-corrected chi connectivity index (χ0v) is 30.3. The van der Waals surface area contributed by atoms with Crippen molar-refractivity contribution < 1.29 is 9.59 Å². The topological polar surface area (TPSA) is 59.9 Å².